The van der Waals surface area contributed by atoms with Gasteiger partial charge in [-0.15, -0.1) is 0 Å². The number of hydrogen-bond acceptors (Lipinski definition) is 7. The standard InChI is InChI=1S/C28H29FN6O4S/c1-18-5-4-6-19(2)27(18)24-13-25(32-28(31-24)33-40(37,38)23-14-30-34(3)17-23)39-22-15-35(16-22)26(36)12-9-20-7-10-21(29)11-8-20/h4-8,10-11,13-14,17,22H,9,12,15-16H2,1-3H3,(H,31,32,33). The Morgan fingerprint density at radius 1 is 1.10 bits per heavy atom. The molecule has 1 aliphatic heterocycles. The maximum absolute atomic E-state index is 13.1. The van der Waals surface area contributed by atoms with Crippen LogP contribution in [0.25, 0.3) is 11.3 Å². The van der Waals surface area contributed by atoms with Crippen LogP contribution >= 0.6 is 0 Å². The number of carbonyl (C=O) groups excluding carboxylic acids is 1. The van der Waals surface area contributed by atoms with Crippen LogP contribution in [0.3, 0.4) is 0 Å². The summed E-state index contributed by atoms with van der Waals surface area (Å²) in [6.45, 7) is 4.65. The maximum atomic E-state index is 13.1. The lowest BCUT2D eigenvalue weighted by Gasteiger charge is -2.38. The molecule has 4 aromatic rings. The van der Waals surface area contributed by atoms with Crippen molar-refractivity contribution in [1.82, 2.24) is 24.6 Å². The van der Waals surface area contributed by atoms with Crippen LogP contribution in [-0.4, -0.2) is 58.2 Å². The number of likely N-dealkylation sites (tertiary alicyclic amines) is 1. The largest absolute Gasteiger partial charge is 0.470 e. The fraction of sp³-hybridized carbons (Fsp3) is 0.286. The van der Waals surface area contributed by atoms with E-state index in [0.29, 0.717) is 31.6 Å². The third-order valence-electron chi connectivity index (χ3n) is 6.69. The maximum Gasteiger partial charge on any atom is 0.267 e. The Hall–Kier alpha value is -4.32. The quantitative estimate of drug-likeness (QED) is 0.330. The summed E-state index contributed by atoms with van der Waals surface area (Å²) in [6.07, 6.45) is 3.14. The van der Waals surface area contributed by atoms with Gasteiger partial charge in [-0.3, -0.25) is 9.48 Å². The summed E-state index contributed by atoms with van der Waals surface area (Å²) < 4.78 is 48.9. The molecule has 0 aliphatic carbocycles. The number of hydrogen-bond donors (Lipinski definition) is 1. The van der Waals surface area contributed by atoms with E-state index in [1.165, 1.54) is 29.2 Å². The van der Waals surface area contributed by atoms with Crippen molar-refractivity contribution < 1.29 is 22.3 Å². The number of ether oxygens (including phenoxy) is 1. The smallest absolute Gasteiger partial charge is 0.267 e. The summed E-state index contributed by atoms with van der Waals surface area (Å²) in [5, 5.41) is 3.93. The van der Waals surface area contributed by atoms with Crippen molar-refractivity contribution in [3.8, 4) is 17.1 Å². The van der Waals surface area contributed by atoms with E-state index in [1.54, 1.807) is 30.1 Å². The van der Waals surface area contributed by atoms with Gasteiger partial charge in [0.05, 0.1) is 25.0 Å². The molecule has 0 unspecified atom stereocenters. The lowest BCUT2D eigenvalue weighted by molar-refractivity contribution is -0.140. The molecule has 2 aromatic carbocycles. The zero-order valence-corrected chi connectivity index (χ0v) is 23.2. The highest BCUT2D eigenvalue weighted by molar-refractivity contribution is 7.92. The molecule has 208 valence electrons. The molecule has 0 bridgehead atoms. The number of halogens is 1. The summed E-state index contributed by atoms with van der Waals surface area (Å²) in [7, 11) is -2.36. The van der Waals surface area contributed by atoms with Crippen molar-refractivity contribution in [3.05, 3.63) is 83.4 Å². The summed E-state index contributed by atoms with van der Waals surface area (Å²) in [5.41, 5.74) is 4.18. The highest BCUT2D eigenvalue weighted by atomic mass is 32.2. The number of sulfonamides is 1. The Morgan fingerprint density at radius 2 is 1.80 bits per heavy atom. The number of carbonyl (C=O) groups is 1. The lowest BCUT2D eigenvalue weighted by atomic mass is 10.00. The van der Waals surface area contributed by atoms with Crippen molar-refractivity contribution in [3.63, 3.8) is 0 Å². The summed E-state index contributed by atoms with van der Waals surface area (Å²) in [5.74, 6) is -0.269. The number of benzene rings is 2. The van der Waals surface area contributed by atoms with Gasteiger partial charge in [-0.05, 0) is 49.1 Å². The molecular weight excluding hydrogens is 535 g/mol. The van der Waals surface area contributed by atoms with E-state index in [4.69, 9.17) is 4.74 Å². The SMILES string of the molecule is Cc1cccc(C)c1-c1cc(OC2CN(C(=O)CCc3ccc(F)cc3)C2)nc(NS(=O)(=O)c2cnn(C)c2)n1. The minimum absolute atomic E-state index is 0.0204. The Bertz CT molecular complexity index is 1630. The molecule has 1 fully saturated rings. The molecule has 5 rings (SSSR count). The van der Waals surface area contributed by atoms with Gasteiger partial charge in [0.15, 0.2) is 0 Å². The van der Waals surface area contributed by atoms with Gasteiger partial charge < -0.3 is 9.64 Å². The first-order valence-electron chi connectivity index (χ1n) is 12.7. The third-order valence-corrected chi connectivity index (χ3v) is 7.97. The van der Waals surface area contributed by atoms with Gasteiger partial charge >= 0.3 is 0 Å². The molecule has 3 heterocycles. The number of aryl methyl sites for hydroxylation is 4. The fourth-order valence-corrected chi connectivity index (χ4v) is 5.47. The van der Waals surface area contributed by atoms with Crippen molar-refractivity contribution >= 4 is 21.9 Å². The molecule has 1 amide bonds. The second kappa shape index (κ2) is 11.0. The summed E-state index contributed by atoms with van der Waals surface area (Å²) >= 11 is 0. The molecule has 1 aliphatic rings. The number of anilines is 1. The van der Waals surface area contributed by atoms with Crippen LogP contribution in [0.4, 0.5) is 10.3 Å². The molecule has 2 aromatic heterocycles. The van der Waals surface area contributed by atoms with E-state index in [2.05, 4.69) is 19.8 Å². The van der Waals surface area contributed by atoms with Gasteiger partial charge in [-0.1, -0.05) is 30.3 Å². The molecule has 1 saturated heterocycles. The fourth-order valence-electron chi connectivity index (χ4n) is 4.54. The van der Waals surface area contributed by atoms with E-state index in [-0.39, 0.29) is 34.6 Å². The average Bonchev–Trinajstić information content (AvgIpc) is 3.32. The molecule has 10 nitrogen and oxygen atoms in total. The zero-order valence-electron chi connectivity index (χ0n) is 22.3. The minimum atomic E-state index is -3.99. The Morgan fingerprint density at radius 3 is 2.45 bits per heavy atom. The normalized spacial score (nSPS) is 13.7. The summed E-state index contributed by atoms with van der Waals surface area (Å²) in [4.78, 5) is 23.1. The minimum Gasteiger partial charge on any atom is -0.470 e. The van der Waals surface area contributed by atoms with Gasteiger partial charge in [0, 0.05) is 31.3 Å². The van der Waals surface area contributed by atoms with Crippen molar-refractivity contribution in [1.29, 1.82) is 0 Å². The van der Waals surface area contributed by atoms with Gasteiger partial charge in [0.1, 0.15) is 16.8 Å². The van der Waals surface area contributed by atoms with Crippen LogP contribution in [0.15, 0.2) is 65.8 Å². The second-order valence-electron chi connectivity index (χ2n) is 9.80. The third kappa shape index (κ3) is 6.12. The number of amides is 1. The first-order valence-corrected chi connectivity index (χ1v) is 14.2. The predicted octanol–water partition coefficient (Wildman–Crippen LogP) is 3.66. The number of aromatic nitrogens is 4. The highest BCUT2D eigenvalue weighted by Crippen LogP contribution is 2.30. The van der Waals surface area contributed by atoms with Crippen molar-refractivity contribution in [2.24, 2.45) is 7.05 Å². The van der Waals surface area contributed by atoms with Crippen LogP contribution in [0.2, 0.25) is 0 Å². The second-order valence-corrected chi connectivity index (χ2v) is 11.5. The lowest BCUT2D eigenvalue weighted by Crippen LogP contribution is -2.56. The van der Waals surface area contributed by atoms with Gasteiger partial charge in [0.2, 0.25) is 17.7 Å². The molecular formula is C28H29FN6O4S. The molecule has 40 heavy (non-hydrogen) atoms. The van der Waals surface area contributed by atoms with E-state index in [0.717, 1.165) is 22.3 Å². The summed E-state index contributed by atoms with van der Waals surface area (Å²) in [6, 6.07) is 13.6. The molecule has 0 atom stereocenters. The zero-order chi connectivity index (χ0) is 28.4. The van der Waals surface area contributed by atoms with Gasteiger partial charge in [0.25, 0.3) is 10.0 Å². The molecule has 0 saturated carbocycles. The number of nitrogens with zero attached hydrogens (tertiary/aromatic N) is 5. The molecule has 0 radical (unpaired) electrons. The van der Waals surface area contributed by atoms with Gasteiger partial charge in [-0.25, -0.2) is 22.5 Å². The first-order chi connectivity index (χ1) is 19.1. The molecule has 12 heteroatoms. The Balaban J connectivity index is 1.31. The van der Waals surface area contributed by atoms with Crippen LogP contribution in [0.1, 0.15) is 23.1 Å². The Labute approximate surface area is 231 Å². The van der Waals surface area contributed by atoms with E-state index in [1.807, 2.05) is 32.0 Å². The highest BCUT2D eigenvalue weighted by Gasteiger charge is 2.32. The predicted molar refractivity (Wildman–Crippen MR) is 147 cm³/mol. The molecule has 1 N–H and O–H groups in total. The van der Waals surface area contributed by atoms with Crippen LogP contribution < -0.4 is 9.46 Å². The topological polar surface area (TPSA) is 119 Å². The average molecular weight is 565 g/mol. The van der Waals surface area contributed by atoms with E-state index >= 15 is 0 Å². The first kappa shape index (κ1) is 27.3. The van der Waals surface area contributed by atoms with E-state index in [9.17, 15) is 17.6 Å². The van der Waals surface area contributed by atoms with Crippen LogP contribution in [0, 0.1) is 19.7 Å². The van der Waals surface area contributed by atoms with Gasteiger partial charge in [-0.2, -0.15) is 10.1 Å². The number of nitrogens with one attached hydrogen (secondary N) is 1. The molecule has 0 spiro atoms. The number of rotatable bonds is 9. The van der Waals surface area contributed by atoms with Crippen molar-refractivity contribution in [2.45, 2.75) is 37.7 Å². The monoisotopic (exact) mass is 564 g/mol. The Kier molecular flexibility index (Phi) is 7.53. The van der Waals surface area contributed by atoms with Crippen molar-refractivity contribution in [2.75, 3.05) is 17.8 Å². The van der Waals surface area contributed by atoms with E-state index < -0.39 is 10.0 Å². The van der Waals surface area contributed by atoms with Crippen LogP contribution in [0.5, 0.6) is 5.88 Å². The van der Waals surface area contributed by atoms with Crippen LogP contribution in [-0.2, 0) is 28.3 Å².